The minimum Gasteiger partial charge on any atom is -0.477 e. The Morgan fingerprint density at radius 2 is 2.33 bits per heavy atom. The highest BCUT2D eigenvalue weighted by Crippen LogP contribution is 1.96. The lowest BCUT2D eigenvalue weighted by Crippen LogP contribution is -2.36. The van der Waals surface area contributed by atoms with E-state index in [2.05, 4.69) is 5.32 Å². The Bertz CT molecular complexity index is 176. The zero-order valence-electron chi connectivity index (χ0n) is 7.50. The maximum Gasteiger partial charge on any atom is 0.351 e. The second-order valence-corrected chi connectivity index (χ2v) is 2.64. The molecule has 4 nitrogen and oxygen atoms in total. The second-order valence-electron chi connectivity index (χ2n) is 2.64. The van der Waals surface area contributed by atoms with Gasteiger partial charge in [0.05, 0.1) is 6.17 Å². The Morgan fingerprint density at radius 1 is 1.75 bits per heavy atom. The molecule has 0 spiro atoms. The number of nitrogens with one attached hydrogen (secondary N) is 1. The molecule has 0 saturated heterocycles. The fourth-order valence-electron chi connectivity index (χ4n) is 0.742. The molecule has 0 rings (SSSR count). The van der Waals surface area contributed by atoms with E-state index in [1.165, 1.54) is 0 Å². The molecule has 0 fully saturated rings. The van der Waals surface area contributed by atoms with Gasteiger partial charge in [-0.1, -0.05) is 19.4 Å². The van der Waals surface area contributed by atoms with Crippen LogP contribution in [0.2, 0.25) is 0 Å². The summed E-state index contributed by atoms with van der Waals surface area (Å²) in [5.41, 5.74) is 5.57. The molecule has 0 bridgehead atoms. The third-order valence-electron chi connectivity index (χ3n) is 1.25. The van der Waals surface area contributed by atoms with Crippen LogP contribution < -0.4 is 11.1 Å². The number of nitrogens with two attached hydrogens (primary N) is 1. The van der Waals surface area contributed by atoms with E-state index in [-0.39, 0.29) is 11.9 Å². The van der Waals surface area contributed by atoms with Crippen molar-refractivity contribution in [2.24, 2.45) is 5.73 Å². The highest BCUT2D eigenvalue weighted by atomic mass is 16.4. The summed E-state index contributed by atoms with van der Waals surface area (Å²) in [4.78, 5) is 10.6. The van der Waals surface area contributed by atoms with Crippen molar-refractivity contribution in [3.05, 3.63) is 11.8 Å². The molecule has 0 aliphatic heterocycles. The van der Waals surface area contributed by atoms with Crippen molar-refractivity contribution in [3.63, 3.8) is 0 Å². The van der Waals surface area contributed by atoms with Crippen LogP contribution in [0, 0.1) is 0 Å². The second kappa shape index (κ2) is 5.60. The van der Waals surface area contributed by atoms with E-state index in [4.69, 9.17) is 10.8 Å². The van der Waals surface area contributed by atoms with Crippen LogP contribution >= 0.6 is 0 Å². The average Bonchev–Trinajstić information content (AvgIpc) is 1.96. The Balaban J connectivity index is 4.13. The van der Waals surface area contributed by atoms with Crippen molar-refractivity contribution in [2.45, 2.75) is 32.9 Å². The highest BCUT2D eigenvalue weighted by Gasteiger charge is 2.06. The smallest absolute Gasteiger partial charge is 0.351 e. The van der Waals surface area contributed by atoms with Gasteiger partial charge in [-0.25, -0.2) is 4.79 Å². The molecule has 0 aliphatic rings. The number of rotatable bonds is 5. The van der Waals surface area contributed by atoms with Crippen LogP contribution in [0.5, 0.6) is 0 Å². The predicted molar refractivity (Wildman–Crippen MR) is 47.4 cm³/mol. The molecule has 0 saturated carbocycles. The zero-order valence-corrected chi connectivity index (χ0v) is 7.50. The molecule has 1 unspecified atom stereocenters. The van der Waals surface area contributed by atoms with E-state index in [1.54, 1.807) is 13.0 Å². The number of carbonyl (C=O) groups is 1. The molecule has 70 valence electrons. The van der Waals surface area contributed by atoms with Crippen molar-refractivity contribution < 1.29 is 9.90 Å². The zero-order chi connectivity index (χ0) is 9.56. The van der Waals surface area contributed by atoms with Crippen molar-refractivity contribution in [1.29, 1.82) is 0 Å². The third-order valence-corrected chi connectivity index (χ3v) is 1.25. The molecule has 0 aromatic rings. The van der Waals surface area contributed by atoms with Gasteiger partial charge in [0.15, 0.2) is 0 Å². The summed E-state index contributed by atoms with van der Waals surface area (Å²) in [5, 5.41) is 11.3. The standard InChI is InChI=1S/C8H16N2O2/c1-3-4-5-7(8(11)12)10-6(2)9/h5-6,10H,3-4,9H2,1-2H3,(H,11,12)/b7-5+. The first-order valence-corrected chi connectivity index (χ1v) is 4.03. The van der Waals surface area contributed by atoms with E-state index < -0.39 is 5.97 Å². The molecule has 12 heavy (non-hydrogen) atoms. The van der Waals surface area contributed by atoms with Gasteiger partial charge in [-0.2, -0.15) is 0 Å². The molecule has 4 heteroatoms. The fraction of sp³-hybridized carbons (Fsp3) is 0.625. The maximum atomic E-state index is 10.6. The lowest BCUT2D eigenvalue weighted by Gasteiger charge is -2.09. The van der Waals surface area contributed by atoms with E-state index in [0.29, 0.717) is 0 Å². The van der Waals surface area contributed by atoms with Gasteiger partial charge >= 0.3 is 5.97 Å². The third kappa shape index (κ3) is 4.73. The Labute approximate surface area is 72.4 Å². The van der Waals surface area contributed by atoms with Crippen molar-refractivity contribution in [2.75, 3.05) is 0 Å². The predicted octanol–water partition coefficient (Wildman–Crippen LogP) is 0.649. The molecular formula is C8H16N2O2. The number of carboxylic acids is 1. The summed E-state index contributed by atoms with van der Waals surface area (Å²) in [6, 6.07) is 0. The largest absolute Gasteiger partial charge is 0.477 e. The van der Waals surface area contributed by atoms with Gasteiger partial charge in [0.1, 0.15) is 5.70 Å². The van der Waals surface area contributed by atoms with Crippen molar-refractivity contribution in [3.8, 4) is 0 Å². The summed E-state index contributed by atoms with van der Waals surface area (Å²) in [7, 11) is 0. The van der Waals surface area contributed by atoms with Crippen LogP contribution in [0.25, 0.3) is 0 Å². The van der Waals surface area contributed by atoms with Gasteiger partial charge < -0.3 is 16.2 Å². The van der Waals surface area contributed by atoms with Gasteiger partial charge in [-0.15, -0.1) is 0 Å². The number of hydrogen-bond donors (Lipinski definition) is 3. The van der Waals surface area contributed by atoms with Gasteiger partial charge in [-0.05, 0) is 13.3 Å². The van der Waals surface area contributed by atoms with E-state index >= 15 is 0 Å². The lowest BCUT2D eigenvalue weighted by atomic mass is 10.2. The van der Waals surface area contributed by atoms with Crippen LogP contribution in [0.4, 0.5) is 0 Å². The summed E-state index contributed by atoms with van der Waals surface area (Å²) < 4.78 is 0. The van der Waals surface area contributed by atoms with Gasteiger partial charge in [0, 0.05) is 0 Å². The normalized spacial score (nSPS) is 14.1. The van der Waals surface area contributed by atoms with Crippen molar-refractivity contribution in [1.82, 2.24) is 5.32 Å². The minimum absolute atomic E-state index is 0.187. The summed E-state index contributed by atoms with van der Waals surface area (Å²) in [6.07, 6.45) is 2.99. The van der Waals surface area contributed by atoms with Crippen molar-refractivity contribution >= 4 is 5.97 Å². The monoisotopic (exact) mass is 172 g/mol. The van der Waals surface area contributed by atoms with Crippen LogP contribution in [-0.2, 0) is 4.79 Å². The maximum absolute atomic E-state index is 10.6. The Morgan fingerprint density at radius 3 is 2.67 bits per heavy atom. The average molecular weight is 172 g/mol. The topological polar surface area (TPSA) is 75.3 Å². The highest BCUT2D eigenvalue weighted by molar-refractivity contribution is 5.85. The Hall–Kier alpha value is -1.03. The molecule has 1 atom stereocenters. The summed E-state index contributed by atoms with van der Waals surface area (Å²) >= 11 is 0. The molecule has 0 heterocycles. The van der Waals surface area contributed by atoms with Crippen LogP contribution in [0.3, 0.4) is 0 Å². The van der Waals surface area contributed by atoms with Gasteiger partial charge in [0.25, 0.3) is 0 Å². The first kappa shape index (κ1) is 11.0. The summed E-state index contributed by atoms with van der Waals surface area (Å²) in [5.74, 6) is -0.958. The van der Waals surface area contributed by atoms with Crippen LogP contribution in [0.15, 0.2) is 11.8 Å². The SMILES string of the molecule is CCC/C=C(/NC(C)N)C(=O)O. The van der Waals surface area contributed by atoms with E-state index in [0.717, 1.165) is 12.8 Å². The van der Waals surface area contributed by atoms with Crippen LogP contribution in [-0.4, -0.2) is 17.2 Å². The molecular weight excluding hydrogens is 156 g/mol. The molecule has 0 aromatic heterocycles. The lowest BCUT2D eigenvalue weighted by molar-refractivity contribution is -0.133. The van der Waals surface area contributed by atoms with Crippen LogP contribution in [0.1, 0.15) is 26.7 Å². The molecule has 0 aromatic carbocycles. The number of carboxylic acid groups (broad SMARTS) is 1. The quantitative estimate of drug-likeness (QED) is 0.420. The molecule has 0 radical (unpaired) electrons. The van der Waals surface area contributed by atoms with Gasteiger partial charge in [-0.3, -0.25) is 0 Å². The number of unbranched alkanes of at least 4 members (excludes halogenated alkanes) is 1. The molecule has 0 amide bonds. The number of hydrogen-bond acceptors (Lipinski definition) is 3. The Kier molecular flexibility index (Phi) is 5.12. The van der Waals surface area contributed by atoms with Gasteiger partial charge in [0.2, 0.25) is 0 Å². The number of allylic oxidation sites excluding steroid dienone is 1. The van der Waals surface area contributed by atoms with E-state index in [9.17, 15) is 4.79 Å². The first-order chi connectivity index (χ1) is 5.57. The first-order valence-electron chi connectivity index (χ1n) is 4.03. The minimum atomic E-state index is -0.958. The fourth-order valence-corrected chi connectivity index (χ4v) is 0.742. The van der Waals surface area contributed by atoms with E-state index in [1.807, 2.05) is 6.92 Å². The molecule has 4 N–H and O–H groups in total. The number of aliphatic carboxylic acids is 1. The molecule has 0 aliphatic carbocycles. The summed E-state index contributed by atoms with van der Waals surface area (Å²) in [6.45, 7) is 3.69.